The maximum Gasteiger partial charge on any atom is 0.261 e. The minimum absolute atomic E-state index is 0.136. The lowest BCUT2D eigenvalue weighted by Gasteiger charge is -2.43. The summed E-state index contributed by atoms with van der Waals surface area (Å²) < 4.78 is 28.7. The van der Waals surface area contributed by atoms with Gasteiger partial charge in [0.2, 0.25) is 0 Å². The second-order valence-corrected chi connectivity index (χ2v) is 13.9. The van der Waals surface area contributed by atoms with E-state index in [9.17, 15) is 13.2 Å². The van der Waals surface area contributed by atoms with Crippen molar-refractivity contribution in [2.75, 3.05) is 15.4 Å². The van der Waals surface area contributed by atoms with E-state index >= 15 is 0 Å². The molecule has 214 valence electrons. The minimum Gasteiger partial charge on any atom is -0.378 e. The number of nitrogens with one attached hydrogen (secondary N) is 3. The van der Waals surface area contributed by atoms with Crippen molar-refractivity contribution in [2.24, 2.45) is 17.8 Å². The van der Waals surface area contributed by atoms with Crippen LogP contribution in [0.4, 0.5) is 17.1 Å². The van der Waals surface area contributed by atoms with Gasteiger partial charge in [0.15, 0.2) is 0 Å². The number of fused-ring (bicyclic) bond motifs is 7. The van der Waals surface area contributed by atoms with Crippen LogP contribution < -0.4 is 15.4 Å². The zero-order chi connectivity index (χ0) is 29.0. The van der Waals surface area contributed by atoms with Crippen LogP contribution in [0.1, 0.15) is 63.8 Å². The van der Waals surface area contributed by atoms with Gasteiger partial charge in [-0.2, -0.15) is 0 Å². The molecule has 0 unspecified atom stereocenters. The van der Waals surface area contributed by atoms with Gasteiger partial charge in [-0.3, -0.25) is 9.52 Å². The Morgan fingerprint density at radius 1 is 0.857 bits per heavy atom. The fourth-order valence-electron chi connectivity index (χ4n) is 7.59. The van der Waals surface area contributed by atoms with E-state index in [-0.39, 0.29) is 16.8 Å². The second-order valence-electron chi connectivity index (χ2n) is 12.2. The van der Waals surface area contributed by atoms with Gasteiger partial charge in [0.1, 0.15) is 0 Å². The normalized spacial score (nSPS) is 23.9. The van der Waals surface area contributed by atoms with Crippen molar-refractivity contribution in [3.63, 3.8) is 0 Å². The van der Waals surface area contributed by atoms with Crippen LogP contribution in [0.15, 0.2) is 95.9 Å². The summed E-state index contributed by atoms with van der Waals surface area (Å²) in [5.74, 6) is 2.15. The molecule has 0 radical (unpaired) electrons. The molecular weight excluding hydrogens is 542 g/mol. The van der Waals surface area contributed by atoms with E-state index in [1.54, 1.807) is 12.1 Å². The summed E-state index contributed by atoms with van der Waals surface area (Å²) in [4.78, 5) is 13.5. The van der Waals surface area contributed by atoms with Crippen LogP contribution in [-0.2, 0) is 10.0 Å². The molecule has 2 bridgehead atoms. The average molecular weight is 578 g/mol. The van der Waals surface area contributed by atoms with Gasteiger partial charge in [0.25, 0.3) is 15.9 Å². The van der Waals surface area contributed by atoms with Gasteiger partial charge in [0, 0.05) is 16.9 Å². The molecule has 5 atom stereocenters. The highest BCUT2D eigenvalue weighted by atomic mass is 32.2. The third-order valence-corrected chi connectivity index (χ3v) is 10.9. The lowest BCUT2D eigenvalue weighted by molar-refractivity contribution is 0.102. The Kier molecular flexibility index (Phi) is 6.58. The van der Waals surface area contributed by atoms with Crippen LogP contribution in [0.25, 0.3) is 0 Å². The summed E-state index contributed by atoms with van der Waals surface area (Å²) in [5, 5.41) is 6.80. The van der Waals surface area contributed by atoms with Gasteiger partial charge in [-0.25, -0.2) is 8.42 Å². The molecular formula is C35H35N3O3S. The summed E-state index contributed by atoms with van der Waals surface area (Å²) in [6.45, 7) is 3.79. The number of benzene rings is 4. The summed E-state index contributed by atoms with van der Waals surface area (Å²) in [6, 6.07) is 29.0. The third kappa shape index (κ3) is 4.75. The SMILES string of the molecule is Cc1ccc(C)c(NS(=O)(=O)c2ccc(NC(=O)c3ccc4c(c3)[C@@H]3[C@H]5CC[C@@H](C5)[C@@H]3[C@H](c3ccccc3)N4)cc2)c1. The molecule has 0 aromatic heterocycles. The molecule has 6 nitrogen and oxygen atoms in total. The Morgan fingerprint density at radius 2 is 1.62 bits per heavy atom. The summed E-state index contributed by atoms with van der Waals surface area (Å²) in [5.41, 5.74) is 7.25. The molecule has 7 rings (SSSR count). The first kappa shape index (κ1) is 26.8. The molecule has 3 aliphatic rings. The zero-order valence-corrected chi connectivity index (χ0v) is 24.6. The molecule has 1 aliphatic heterocycles. The second kappa shape index (κ2) is 10.3. The number of rotatable bonds is 6. The molecule has 3 N–H and O–H groups in total. The first-order valence-electron chi connectivity index (χ1n) is 14.7. The van der Waals surface area contributed by atoms with Crippen molar-refractivity contribution in [3.05, 3.63) is 119 Å². The van der Waals surface area contributed by atoms with Gasteiger partial charge < -0.3 is 10.6 Å². The molecule has 2 saturated carbocycles. The highest BCUT2D eigenvalue weighted by molar-refractivity contribution is 7.92. The van der Waals surface area contributed by atoms with E-state index in [1.807, 2.05) is 38.1 Å². The summed E-state index contributed by atoms with van der Waals surface area (Å²) >= 11 is 0. The Balaban J connectivity index is 1.10. The summed E-state index contributed by atoms with van der Waals surface area (Å²) in [6.07, 6.45) is 3.82. The van der Waals surface area contributed by atoms with Crippen LogP contribution in [-0.4, -0.2) is 14.3 Å². The maximum atomic E-state index is 13.4. The fraction of sp³-hybridized carbons (Fsp3) is 0.286. The maximum absolute atomic E-state index is 13.4. The largest absolute Gasteiger partial charge is 0.378 e. The van der Waals surface area contributed by atoms with Crippen molar-refractivity contribution in [2.45, 2.75) is 50.0 Å². The first-order valence-corrected chi connectivity index (χ1v) is 16.2. The molecule has 0 spiro atoms. The first-order chi connectivity index (χ1) is 20.3. The highest BCUT2D eigenvalue weighted by Crippen LogP contribution is 2.63. The number of carbonyl (C=O) groups excluding carboxylic acids is 1. The van der Waals surface area contributed by atoms with Gasteiger partial charge in [-0.1, -0.05) is 42.5 Å². The van der Waals surface area contributed by atoms with E-state index in [2.05, 4.69) is 57.8 Å². The minimum atomic E-state index is -3.77. The van der Waals surface area contributed by atoms with Crippen LogP contribution >= 0.6 is 0 Å². The Hall–Kier alpha value is -4.10. The van der Waals surface area contributed by atoms with E-state index in [4.69, 9.17) is 0 Å². The van der Waals surface area contributed by atoms with E-state index < -0.39 is 10.0 Å². The Labute approximate surface area is 247 Å². The van der Waals surface area contributed by atoms with E-state index in [0.717, 1.165) is 16.8 Å². The Morgan fingerprint density at radius 3 is 2.40 bits per heavy atom. The standard InChI is InChI=1S/C35H35N3O3S/c1-21-8-9-22(2)31(18-21)38-42(40,41)28-15-13-27(14-16-28)36-35(39)26-12-17-30-29(20-26)32-24-10-11-25(19-24)33(32)34(37-30)23-6-4-3-5-7-23/h3-9,12-18,20,24-25,32-34,37-38H,10-11,19H2,1-2H3,(H,36,39)/t24-,25-,32-,33-,34-/m0/s1. The van der Waals surface area contributed by atoms with Crippen LogP contribution in [0.2, 0.25) is 0 Å². The van der Waals surface area contributed by atoms with Crippen molar-refractivity contribution in [1.29, 1.82) is 0 Å². The number of sulfonamides is 1. The monoisotopic (exact) mass is 577 g/mol. The van der Waals surface area contributed by atoms with E-state index in [1.165, 1.54) is 42.5 Å². The number of anilines is 3. The number of carbonyl (C=O) groups is 1. The molecule has 2 fully saturated rings. The quantitative estimate of drug-likeness (QED) is 0.220. The van der Waals surface area contributed by atoms with Crippen molar-refractivity contribution >= 4 is 33.0 Å². The van der Waals surface area contributed by atoms with Crippen LogP contribution in [0, 0.1) is 31.6 Å². The van der Waals surface area contributed by atoms with Crippen molar-refractivity contribution in [1.82, 2.24) is 0 Å². The predicted molar refractivity (Wildman–Crippen MR) is 167 cm³/mol. The van der Waals surface area contributed by atoms with Crippen molar-refractivity contribution < 1.29 is 13.2 Å². The fourth-order valence-corrected chi connectivity index (χ4v) is 8.71. The van der Waals surface area contributed by atoms with Crippen molar-refractivity contribution in [3.8, 4) is 0 Å². The molecule has 0 saturated heterocycles. The topological polar surface area (TPSA) is 87.3 Å². The molecule has 4 aromatic carbocycles. The number of hydrogen-bond acceptors (Lipinski definition) is 4. The average Bonchev–Trinajstić information content (AvgIpc) is 3.62. The molecule has 7 heteroatoms. The lowest BCUT2D eigenvalue weighted by Crippen LogP contribution is -2.35. The van der Waals surface area contributed by atoms with Gasteiger partial charge in [-0.05, 0) is 128 Å². The molecule has 2 aliphatic carbocycles. The Bertz CT molecular complexity index is 1770. The van der Waals surface area contributed by atoms with Crippen LogP contribution in [0.3, 0.4) is 0 Å². The number of hydrogen-bond donors (Lipinski definition) is 3. The lowest BCUT2D eigenvalue weighted by atomic mass is 9.68. The zero-order valence-electron chi connectivity index (χ0n) is 23.8. The number of amides is 1. The third-order valence-electron chi connectivity index (χ3n) is 9.57. The predicted octanol–water partition coefficient (Wildman–Crippen LogP) is 7.65. The van der Waals surface area contributed by atoms with E-state index in [0.29, 0.717) is 40.6 Å². The van der Waals surface area contributed by atoms with Crippen LogP contribution in [0.5, 0.6) is 0 Å². The van der Waals surface area contributed by atoms with Gasteiger partial charge >= 0.3 is 0 Å². The molecule has 1 amide bonds. The number of aryl methyl sites for hydroxylation is 2. The summed E-state index contributed by atoms with van der Waals surface area (Å²) in [7, 11) is -3.77. The smallest absolute Gasteiger partial charge is 0.261 e. The van der Waals surface area contributed by atoms with Gasteiger partial charge in [-0.15, -0.1) is 0 Å². The molecule has 4 aromatic rings. The molecule has 42 heavy (non-hydrogen) atoms. The molecule has 1 heterocycles. The van der Waals surface area contributed by atoms with Gasteiger partial charge in [0.05, 0.1) is 16.6 Å². The highest BCUT2D eigenvalue weighted by Gasteiger charge is 2.53.